The van der Waals surface area contributed by atoms with Gasteiger partial charge in [0.05, 0.1) is 18.2 Å². The average Bonchev–Trinajstić information content (AvgIpc) is 3.07. The molecule has 0 aliphatic carbocycles. The number of amides is 1. The molecule has 0 bridgehead atoms. The Labute approximate surface area is 150 Å². The van der Waals surface area contributed by atoms with Crippen LogP contribution >= 0.6 is 0 Å². The van der Waals surface area contributed by atoms with Gasteiger partial charge in [-0.15, -0.1) is 0 Å². The van der Waals surface area contributed by atoms with Crippen molar-refractivity contribution in [3.63, 3.8) is 0 Å². The first-order valence-corrected chi connectivity index (χ1v) is 8.17. The average molecular weight is 352 g/mol. The van der Waals surface area contributed by atoms with E-state index in [1.807, 2.05) is 25.4 Å². The fourth-order valence-corrected chi connectivity index (χ4v) is 2.45. The number of carbonyl (C=O) groups excluding carboxylic acids is 1. The van der Waals surface area contributed by atoms with Gasteiger partial charge in [0.1, 0.15) is 6.54 Å². The molecule has 3 rings (SSSR count). The van der Waals surface area contributed by atoms with Crippen molar-refractivity contribution in [3.8, 4) is 11.3 Å². The van der Waals surface area contributed by atoms with Crippen molar-refractivity contribution in [2.45, 2.75) is 26.9 Å². The van der Waals surface area contributed by atoms with Crippen LogP contribution in [-0.4, -0.2) is 30.2 Å². The lowest BCUT2D eigenvalue weighted by atomic mass is 10.2. The number of rotatable bonds is 5. The van der Waals surface area contributed by atoms with Crippen molar-refractivity contribution in [1.29, 1.82) is 0 Å². The Bertz CT molecular complexity index is 988. The molecule has 0 fully saturated rings. The van der Waals surface area contributed by atoms with Crippen molar-refractivity contribution in [2.24, 2.45) is 7.05 Å². The van der Waals surface area contributed by atoms with Gasteiger partial charge in [0.15, 0.2) is 0 Å². The third-order valence-electron chi connectivity index (χ3n) is 4.14. The van der Waals surface area contributed by atoms with Crippen molar-refractivity contribution >= 4 is 5.91 Å². The molecule has 8 heteroatoms. The topological polar surface area (TPSA) is 94.7 Å². The second kappa shape index (κ2) is 7.30. The second-order valence-corrected chi connectivity index (χ2v) is 6.12. The van der Waals surface area contributed by atoms with E-state index in [4.69, 9.17) is 0 Å². The molecule has 0 saturated carbocycles. The quantitative estimate of drug-likeness (QED) is 0.738. The summed E-state index contributed by atoms with van der Waals surface area (Å²) >= 11 is 0. The monoisotopic (exact) mass is 352 g/mol. The van der Waals surface area contributed by atoms with Crippen LogP contribution in [0.1, 0.15) is 16.8 Å². The lowest BCUT2D eigenvalue weighted by Crippen LogP contribution is -2.33. The number of hydrogen-bond acceptors (Lipinski definition) is 5. The van der Waals surface area contributed by atoms with Gasteiger partial charge in [0.2, 0.25) is 5.91 Å². The second-order valence-electron chi connectivity index (χ2n) is 6.12. The Morgan fingerprint density at radius 1 is 1.19 bits per heavy atom. The molecule has 26 heavy (non-hydrogen) atoms. The molecule has 0 atom stereocenters. The highest BCUT2D eigenvalue weighted by Crippen LogP contribution is 2.15. The van der Waals surface area contributed by atoms with Crippen LogP contribution < -0.4 is 10.9 Å². The molecule has 0 unspecified atom stereocenters. The molecule has 134 valence electrons. The standard InChI is InChI=1S/C18H20N6O2/c1-12-13(2)21-11-24(18(12)26)10-17(25)20-7-14-4-5-16(19-6-14)15-8-22-23(3)9-15/h4-6,8-9,11H,7,10H2,1-3H3,(H,20,25). The fraction of sp³-hybridized carbons (Fsp3) is 0.278. The Balaban J connectivity index is 1.59. The van der Waals surface area contributed by atoms with Gasteiger partial charge < -0.3 is 5.32 Å². The lowest BCUT2D eigenvalue weighted by molar-refractivity contribution is -0.121. The van der Waals surface area contributed by atoms with E-state index in [1.165, 1.54) is 10.9 Å². The van der Waals surface area contributed by atoms with Crippen molar-refractivity contribution < 1.29 is 4.79 Å². The third-order valence-corrected chi connectivity index (χ3v) is 4.14. The summed E-state index contributed by atoms with van der Waals surface area (Å²) < 4.78 is 3.02. The number of nitrogens with one attached hydrogen (secondary N) is 1. The highest BCUT2D eigenvalue weighted by Gasteiger charge is 2.08. The summed E-state index contributed by atoms with van der Waals surface area (Å²) in [5.74, 6) is -0.256. The number of carbonyl (C=O) groups is 1. The van der Waals surface area contributed by atoms with Crippen LogP contribution in [0.2, 0.25) is 0 Å². The molecule has 3 heterocycles. The summed E-state index contributed by atoms with van der Waals surface area (Å²) in [6.07, 6.45) is 6.75. The molecule has 3 aromatic heterocycles. The third kappa shape index (κ3) is 3.85. The van der Waals surface area contributed by atoms with E-state index in [0.29, 0.717) is 17.8 Å². The van der Waals surface area contributed by atoms with Gasteiger partial charge in [-0.3, -0.25) is 23.8 Å². The van der Waals surface area contributed by atoms with Gasteiger partial charge >= 0.3 is 0 Å². The molecule has 0 radical (unpaired) electrons. The van der Waals surface area contributed by atoms with Crippen molar-refractivity contribution in [2.75, 3.05) is 0 Å². The highest BCUT2D eigenvalue weighted by molar-refractivity contribution is 5.75. The summed E-state index contributed by atoms with van der Waals surface area (Å²) in [7, 11) is 1.85. The molecule has 0 spiro atoms. The maximum atomic E-state index is 12.1. The van der Waals surface area contributed by atoms with Crippen LogP contribution in [0.5, 0.6) is 0 Å². The molecule has 1 amide bonds. The number of aromatic nitrogens is 5. The van der Waals surface area contributed by atoms with E-state index in [-0.39, 0.29) is 18.0 Å². The molecule has 3 aromatic rings. The SMILES string of the molecule is Cc1ncn(CC(=O)NCc2ccc(-c3cnn(C)c3)nc2)c(=O)c1C. The zero-order valence-corrected chi connectivity index (χ0v) is 14.9. The molecule has 0 saturated heterocycles. The maximum Gasteiger partial charge on any atom is 0.256 e. The summed E-state index contributed by atoms with van der Waals surface area (Å²) in [4.78, 5) is 32.7. The zero-order valence-electron chi connectivity index (χ0n) is 14.9. The van der Waals surface area contributed by atoms with Gasteiger partial charge in [-0.2, -0.15) is 5.10 Å². The zero-order chi connectivity index (χ0) is 18.7. The van der Waals surface area contributed by atoms with Gasteiger partial charge in [-0.05, 0) is 25.5 Å². The molecule has 0 aromatic carbocycles. The predicted octanol–water partition coefficient (Wildman–Crippen LogP) is 0.972. The van der Waals surface area contributed by atoms with E-state index >= 15 is 0 Å². The summed E-state index contributed by atoms with van der Waals surface area (Å²) in [6, 6.07) is 3.79. The first kappa shape index (κ1) is 17.5. The first-order valence-electron chi connectivity index (χ1n) is 8.17. The smallest absolute Gasteiger partial charge is 0.256 e. The van der Waals surface area contributed by atoms with Crippen LogP contribution in [-0.2, 0) is 24.9 Å². The molecular formula is C18H20N6O2. The minimum atomic E-state index is -0.256. The summed E-state index contributed by atoms with van der Waals surface area (Å²) in [5.41, 5.74) is 3.65. The molecule has 8 nitrogen and oxygen atoms in total. The van der Waals surface area contributed by atoms with Crippen LogP contribution in [0.3, 0.4) is 0 Å². The van der Waals surface area contributed by atoms with Gasteiger partial charge in [-0.25, -0.2) is 4.98 Å². The minimum Gasteiger partial charge on any atom is -0.350 e. The Hall–Kier alpha value is -3.29. The van der Waals surface area contributed by atoms with Crippen molar-refractivity contribution in [1.82, 2.24) is 29.6 Å². The molecule has 1 N–H and O–H groups in total. The Morgan fingerprint density at radius 2 is 2.00 bits per heavy atom. The molecule has 0 aliphatic rings. The van der Waals surface area contributed by atoms with E-state index in [0.717, 1.165) is 16.8 Å². The van der Waals surface area contributed by atoms with Gasteiger partial charge in [0, 0.05) is 42.8 Å². The van der Waals surface area contributed by atoms with E-state index < -0.39 is 0 Å². The van der Waals surface area contributed by atoms with E-state index in [2.05, 4.69) is 20.4 Å². The minimum absolute atomic E-state index is 0.0614. The van der Waals surface area contributed by atoms with Crippen LogP contribution in [0.15, 0.2) is 41.8 Å². The molecular weight excluding hydrogens is 332 g/mol. The Morgan fingerprint density at radius 3 is 2.65 bits per heavy atom. The predicted molar refractivity (Wildman–Crippen MR) is 96.3 cm³/mol. The summed E-state index contributed by atoms with van der Waals surface area (Å²) in [5, 5.41) is 6.91. The highest BCUT2D eigenvalue weighted by atomic mass is 16.2. The Kier molecular flexibility index (Phi) is 4.92. The fourth-order valence-electron chi connectivity index (χ4n) is 2.45. The first-order chi connectivity index (χ1) is 12.4. The summed E-state index contributed by atoms with van der Waals surface area (Å²) in [6.45, 7) is 3.75. The number of pyridine rings is 1. The maximum absolute atomic E-state index is 12.1. The number of nitrogens with zero attached hydrogens (tertiary/aromatic N) is 5. The van der Waals surface area contributed by atoms with E-state index in [9.17, 15) is 9.59 Å². The lowest BCUT2D eigenvalue weighted by Gasteiger charge is -2.09. The van der Waals surface area contributed by atoms with Gasteiger partial charge in [-0.1, -0.05) is 6.07 Å². The van der Waals surface area contributed by atoms with Crippen molar-refractivity contribution in [3.05, 3.63) is 64.2 Å². The van der Waals surface area contributed by atoms with Crippen LogP contribution in [0.25, 0.3) is 11.3 Å². The number of hydrogen-bond donors (Lipinski definition) is 1. The van der Waals surface area contributed by atoms with Crippen LogP contribution in [0, 0.1) is 13.8 Å². The normalized spacial score (nSPS) is 10.7. The molecule has 0 aliphatic heterocycles. The number of aryl methyl sites for hydroxylation is 2. The van der Waals surface area contributed by atoms with Gasteiger partial charge in [0.25, 0.3) is 5.56 Å². The van der Waals surface area contributed by atoms with Crippen LogP contribution in [0.4, 0.5) is 0 Å². The van der Waals surface area contributed by atoms with E-state index in [1.54, 1.807) is 30.9 Å². The largest absolute Gasteiger partial charge is 0.350 e.